The van der Waals surface area contributed by atoms with Crippen LogP contribution in [-0.4, -0.2) is 85.7 Å². The Labute approximate surface area is 203 Å². The maximum Gasteiger partial charge on any atom is 0.229 e. The Kier molecular flexibility index (Phi) is 7.75. The van der Waals surface area contributed by atoms with E-state index in [0.717, 1.165) is 77.5 Å². The van der Waals surface area contributed by atoms with Gasteiger partial charge in [-0.05, 0) is 70.1 Å². The van der Waals surface area contributed by atoms with Crippen molar-refractivity contribution in [3.05, 3.63) is 0 Å². The first kappa shape index (κ1) is 24.4. The zero-order valence-electron chi connectivity index (χ0n) is 20.6. The van der Waals surface area contributed by atoms with E-state index >= 15 is 0 Å². The molecule has 6 atom stereocenters. The number of hydrogen-bond donors (Lipinski definition) is 3. The SMILES string of the molecule is COC1CCC(CN2C(N)C(C(=O)NC[C@H]3CCCO3)CC3C(=O)N4CCCCC4NC32)CC1. The van der Waals surface area contributed by atoms with Gasteiger partial charge in [-0.1, -0.05) is 0 Å². The number of amides is 2. The van der Waals surface area contributed by atoms with Crippen molar-refractivity contribution >= 4 is 11.8 Å². The zero-order valence-corrected chi connectivity index (χ0v) is 20.6. The average molecular weight is 478 g/mol. The van der Waals surface area contributed by atoms with Crippen molar-refractivity contribution in [3.63, 3.8) is 0 Å². The highest BCUT2D eigenvalue weighted by Gasteiger charge is 2.52. The second-order valence-corrected chi connectivity index (χ2v) is 11.0. The van der Waals surface area contributed by atoms with E-state index in [1.54, 1.807) is 7.11 Å². The number of ether oxygens (including phenoxy) is 2. The molecule has 1 aliphatic carbocycles. The molecule has 34 heavy (non-hydrogen) atoms. The molecule has 5 unspecified atom stereocenters. The molecule has 0 aromatic rings. The normalized spacial score (nSPS) is 41.1. The Bertz CT molecular complexity index is 724. The topological polar surface area (TPSA) is 109 Å². The molecule has 0 aromatic carbocycles. The summed E-state index contributed by atoms with van der Waals surface area (Å²) in [5.41, 5.74) is 6.84. The number of rotatable bonds is 6. The van der Waals surface area contributed by atoms with Crippen LogP contribution in [0.4, 0.5) is 0 Å². The van der Waals surface area contributed by atoms with Crippen LogP contribution < -0.4 is 16.4 Å². The lowest BCUT2D eigenvalue weighted by Gasteiger charge is -2.55. The first-order valence-corrected chi connectivity index (χ1v) is 13.5. The Hall–Kier alpha value is -1.26. The monoisotopic (exact) mass is 477 g/mol. The fourth-order valence-electron chi connectivity index (χ4n) is 6.91. The van der Waals surface area contributed by atoms with Gasteiger partial charge < -0.3 is 25.4 Å². The third-order valence-electron chi connectivity index (χ3n) is 8.97. The molecular weight excluding hydrogens is 434 g/mol. The third-order valence-corrected chi connectivity index (χ3v) is 8.97. The van der Waals surface area contributed by atoms with E-state index in [9.17, 15) is 9.59 Å². The van der Waals surface area contributed by atoms with Crippen LogP contribution in [0.15, 0.2) is 0 Å². The Morgan fingerprint density at radius 1 is 1.18 bits per heavy atom. The van der Waals surface area contributed by atoms with E-state index in [2.05, 4.69) is 15.5 Å². The Balaban J connectivity index is 1.31. The van der Waals surface area contributed by atoms with Gasteiger partial charge in [0.2, 0.25) is 11.8 Å². The highest BCUT2D eigenvalue weighted by Crippen LogP contribution is 2.38. The summed E-state index contributed by atoms with van der Waals surface area (Å²) in [6, 6.07) is 0. The molecule has 0 aromatic heterocycles. The smallest absolute Gasteiger partial charge is 0.229 e. The first-order chi connectivity index (χ1) is 16.5. The van der Waals surface area contributed by atoms with Crippen LogP contribution in [0.1, 0.15) is 64.2 Å². The number of carbonyl (C=O) groups excluding carboxylic acids is 2. The molecule has 0 bridgehead atoms. The summed E-state index contributed by atoms with van der Waals surface area (Å²) in [6.45, 7) is 2.92. The largest absolute Gasteiger partial charge is 0.381 e. The Morgan fingerprint density at radius 2 is 2.00 bits per heavy atom. The second-order valence-electron chi connectivity index (χ2n) is 11.0. The molecule has 4 saturated heterocycles. The summed E-state index contributed by atoms with van der Waals surface area (Å²) in [4.78, 5) is 31.2. The molecule has 0 radical (unpaired) electrons. The van der Waals surface area contributed by atoms with Crippen molar-refractivity contribution in [3.8, 4) is 0 Å². The average Bonchev–Trinajstić information content (AvgIpc) is 3.39. The first-order valence-electron chi connectivity index (χ1n) is 13.5. The minimum Gasteiger partial charge on any atom is -0.381 e. The van der Waals surface area contributed by atoms with E-state index < -0.39 is 12.1 Å². The van der Waals surface area contributed by atoms with Gasteiger partial charge in [-0.2, -0.15) is 0 Å². The molecule has 9 heteroatoms. The predicted molar refractivity (Wildman–Crippen MR) is 127 cm³/mol. The van der Waals surface area contributed by atoms with Crippen molar-refractivity contribution < 1.29 is 19.1 Å². The van der Waals surface area contributed by atoms with E-state index in [-0.39, 0.29) is 36.2 Å². The van der Waals surface area contributed by atoms with Gasteiger partial charge in [-0.15, -0.1) is 0 Å². The van der Waals surface area contributed by atoms with Crippen LogP contribution >= 0.6 is 0 Å². The highest BCUT2D eigenvalue weighted by atomic mass is 16.5. The number of nitrogens with one attached hydrogen (secondary N) is 2. The number of fused-ring (bicyclic) bond motifs is 2. The quantitative estimate of drug-likeness (QED) is 0.523. The summed E-state index contributed by atoms with van der Waals surface area (Å²) in [5, 5.41) is 6.89. The van der Waals surface area contributed by atoms with Crippen LogP contribution in [0.2, 0.25) is 0 Å². The number of hydrogen-bond acceptors (Lipinski definition) is 7. The lowest BCUT2D eigenvalue weighted by atomic mass is 9.79. The van der Waals surface area contributed by atoms with Crippen LogP contribution in [0, 0.1) is 17.8 Å². The summed E-state index contributed by atoms with van der Waals surface area (Å²) < 4.78 is 11.2. The van der Waals surface area contributed by atoms with Gasteiger partial charge in [0.1, 0.15) is 0 Å². The standard InChI is InChI=1S/C25H43N5O4/c1-33-17-9-7-16(8-10-17)15-30-22(26)19(24(31)27-14-18-5-4-12-34-18)13-20-23(30)28-21-6-2-3-11-29(21)25(20)32/h16-23,28H,2-15,26H2,1H3,(H,27,31)/t16?,17?,18-,19?,20?,21?,22?,23?/m1/s1. The van der Waals surface area contributed by atoms with Crippen molar-refractivity contribution in [2.45, 2.75) is 94.9 Å². The fraction of sp³-hybridized carbons (Fsp3) is 0.920. The van der Waals surface area contributed by atoms with Gasteiger partial charge in [-0.3, -0.25) is 19.8 Å². The molecule has 5 fully saturated rings. The second kappa shape index (κ2) is 10.8. The molecule has 192 valence electrons. The van der Waals surface area contributed by atoms with E-state index in [0.29, 0.717) is 25.0 Å². The van der Waals surface area contributed by atoms with Gasteiger partial charge >= 0.3 is 0 Å². The number of nitrogens with two attached hydrogens (primary N) is 1. The molecule has 5 aliphatic rings. The van der Waals surface area contributed by atoms with Gasteiger partial charge in [0.25, 0.3) is 0 Å². The number of nitrogens with zero attached hydrogens (tertiary/aromatic N) is 2. The number of carbonyl (C=O) groups is 2. The number of piperidine rings is 2. The van der Waals surface area contributed by atoms with Crippen molar-refractivity contribution in [2.24, 2.45) is 23.5 Å². The van der Waals surface area contributed by atoms with Gasteiger partial charge in [-0.25, -0.2) is 0 Å². The minimum absolute atomic E-state index is 0.0388. The van der Waals surface area contributed by atoms with Crippen LogP contribution in [0.5, 0.6) is 0 Å². The van der Waals surface area contributed by atoms with Crippen molar-refractivity contribution in [1.82, 2.24) is 20.4 Å². The molecule has 9 nitrogen and oxygen atoms in total. The lowest BCUT2D eigenvalue weighted by molar-refractivity contribution is -0.163. The zero-order chi connectivity index (χ0) is 23.7. The molecule has 4 aliphatic heterocycles. The molecule has 1 saturated carbocycles. The Morgan fingerprint density at radius 3 is 2.74 bits per heavy atom. The summed E-state index contributed by atoms with van der Waals surface area (Å²) in [6.07, 6.45) is 10.1. The number of likely N-dealkylation sites (tertiary alicyclic amines) is 1. The maximum absolute atomic E-state index is 13.6. The third kappa shape index (κ3) is 5.00. The highest BCUT2D eigenvalue weighted by molar-refractivity contribution is 5.84. The maximum atomic E-state index is 13.6. The van der Waals surface area contributed by atoms with E-state index in [1.165, 1.54) is 0 Å². The molecular formula is C25H43N5O4. The number of methoxy groups -OCH3 is 1. The summed E-state index contributed by atoms with van der Waals surface area (Å²) >= 11 is 0. The summed E-state index contributed by atoms with van der Waals surface area (Å²) in [5.74, 6) is 0.0366. The molecule has 4 N–H and O–H groups in total. The minimum atomic E-state index is -0.402. The fourth-order valence-corrected chi connectivity index (χ4v) is 6.91. The van der Waals surface area contributed by atoms with Gasteiger partial charge in [0, 0.05) is 33.4 Å². The molecule has 2 amide bonds. The van der Waals surface area contributed by atoms with E-state index in [1.807, 2.05) is 4.90 Å². The molecule has 0 spiro atoms. The molecule has 4 heterocycles. The van der Waals surface area contributed by atoms with Crippen LogP contribution in [0.25, 0.3) is 0 Å². The van der Waals surface area contributed by atoms with Crippen molar-refractivity contribution in [2.75, 3.05) is 33.4 Å². The van der Waals surface area contributed by atoms with Crippen molar-refractivity contribution in [1.29, 1.82) is 0 Å². The van der Waals surface area contributed by atoms with Gasteiger partial charge in [0.15, 0.2) is 0 Å². The van der Waals surface area contributed by atoms with E-state index in [4.69, 9.17) is 15.2 Å². The van der Waals surface area contributed by atoms with Crippen LogP contribution in [0.3, 0.4) is 0 Å². The predicted octanol–water partition coefficient (Wildman–Crippen LogP) is 0.978. The lowest BCUT2D eigenvalue weighted by Crippen LogP contribution is -2.75. The van der Waals surface area contributed by atoms with Crippen LogP contribution in [-0.2, 0) is 19.1 Å². The molecule has 5 rings (SSSR count). The van der Waals surface area contributed by atoms with Gasteiger partial charge in [0.05, 0.1) is 42.5 Å². The summed E-state index contributed by atoms with van der Waals surface area (Å²) in [7, 11) is 1.80.